The largest absolute Gasteiger partial charge is 0.456 e. The first-order chi connectivity index (χ1) is 32.8. The zero-order valence-corrected chi connectivity index (χ0v) is 43.8. The predicted molar refractivity (Wildman–Crippen MR) is 270 cm³/mol. The van der Waals surface area contributed by atoms with Gasteiger partial charge in [0.25, 0.3) is 0 Å². The molecule has 4 atom stereocenters. The van der Waals surface area contributed by atoms with Crippen molar-refractivity contribution in [3.63, 3.8) is 0 Å². The second-order valence-corrected chi connectivity index (χ2v) is 19.5. The predicted octanol–water partition coefficient (Wildman–Crippen LogP) is 14.7. The van der Waals surface area contributed by atoms with E-state index in [1.165, 1.54) is 128 Å². The van der Waals surface area contributed by atoms with Crippen LogP contribution in [0, 0.1) is 0 Å². The number of carbonyl (C=O) groups is 4. The fourth-order valence-corrected chi connectivity index (χ4v) is 8.91. The van der Waals surface area contributed by atoms with Gasteiger partial charge in [-0.2, -0.15) is 0 Å². The van der Waals surface area contributed by atoms with Crippen LogP contribution in [0.25, 0.3) is 0 Å². The third kappa shape index (κ3) is 35.5. The maximum Gasteiger partial charge on any atom is 0.306 e. The summed E-state index contributed by atoms with van der Waals surface area (Å²) in [6.45, 7) is 8.57. The smallest absolute Gasteiger partial charge is 0.306 e. The number of hydrogen-bond acceptors (Lipinski definition) is 11. The molecule has 0 aromatic carbocycles. The molecule has 1 heterocycles. The van der Waals surface area contributed by atoms with Crippen LogP contribution in [-0.2, 0) is 47.6 Å². The molecule has 0 saturated carbocycles. The Morgan fingerprint density at radius 2 is 0.627 bits per heavy atom. The van der Waals surface area contributed by atoms with Crippen molar-refractivity contribution < 1.29 is 52.7 Å². The average Bonchev–Trinajstić information content (AvgIpc) is 3.87. The number of carbonyl (C=O) groups excluding carboxylic acids is 4. The molecule has 1 aliphatic heterocycles. The Labute approximate surface area is 410 Å². The number of unbranched alkanes of at least 4 members (excludes halogenated alkanes) is 32. The first kappa shape index (κ1) is 62.8. The number of aliphatic hydroxyl groups excluding tert-OH is 1. The minimum atomic E-state index is -1.49. The van der Waals surface area contributed by atoms with E-state index in [0.29, 0.717) is 25.7 Å². The molecule has 0 spiro atoms. The molecule has 1 rings (SSSR count). The minimum Gasteiger partial charge on any atom is -0.456 e. The third-order valence-electron chi connectivity index (χ3n) is 13.1. The average molecular weight is 953 g/mol. The number of esters is 4. The Hall–Kier alpha value is -2.24. The van der Waals surface area contributed by atoms with Gasteiger partial charge in [0, 0.05) is 25.7 Å². The zero-order chi connectivity index (χ0) is 48.8. The summed E-state index contributed by atoms with van der Waals surface area (Å²) in [6.07, 6.45) is 32.5. The highest BCUT2D eigenvalue weighted by Crippen LogP contribution is 2.27. The highest BCUT2D eigenvalue weighted by molar-refractivity contribution is 5.72. The van der Waals surface area contributed by atoms with Gasteiger partial charge in [-0.15, -0.1) is 0 Å². The van der Waals surface area contributed by atoms with Gasteiger partial charge in [-0.1, -0.05) is 233 Å². The lowest BCUT2D eigenvalue weighted by Crippen LogP contribution is -2.56. The van der Waals surface area contributed by atoms with Crippen molar-refractivity contribution in [2.75, 3.05) is 19.8 Å². The molecular weight excluding hydrogens is 849 g/mol. The van der Waals surface area contributed by atoms with E-state index in [1.807, 2.05) is 0 Å². The van der Waals surface area contributed by atoms with Crippen LogP contribution in [-0.4, -0.2) is 79.5 Å². The first-order valence-electron chi connectivity index (χ1n) is 28.4. The summed E-state index contributed by atoms with van der Waals surface area (Å²) < 4.78 is 36.3. The van der Waals surface area contributed by atoms with E-state index in [4.69, 9.17) is 28.4 Å². The number of aliphatic hydroxyl groups is 1. The Balaban J connectivity index is 3.28. The lowest BCUT2D eigenvalue weighted by Gasteiger charge is -2.37. The summed E-state index contributed by atoms with van der Waals surface area (Å²) >= 11 is 0. The fourth-order valence-electron chi connectivity index (χ4n) is 8.91. The number of ether oxygens (including phenoxy) is 6. The first-order valence-corrected chi connectivity index (χ1v) is 28.4. The van der Waals surface area contributed by atoms with Crippen molar-refractivity contribution in [3.05, 3.63) is 0 Å². The topological polar surface area (TPSA) is 144 Å². The Bertz CT molecular complexity index is 1160. The maximum atomic E-state index is 13.8. The van der Waals surface area contributed by atoms with Gasteiger partial charge in [-0.05, 0) is 25.7 Å². The molecule has 394 valence electrons. The van der Waals surface area contributed by atoms with E-state index in [-0.39, 0.29) is 38.9 Å². The van der Waals surface area contributed by atoms with Crippen LogP contribution < -0.4 is 0 Å². The van der Waals surface area contributed by atoms with Gasteiger partial charge in [0.1, 0.15) is 0 Å². The van der Waals surface area contributed by atoms with Gasteiger partial charge in [0.2, 0.25) is 0 Å². The van der Waals surface area contributed by atoms with E-state index in [2.05, 4.69) is 27.7 Å². The van der Waals surface area contributed by atoms with E-state index in [1.54, 1.807) is 0 Å². The van der Waals surface area contributed by atoms with Crippen molar-refractivity contribution in [1.82, 2.24) is 0 Å². The molecular formula is C56H104O11. The van der Waals surface area contributed by atoms with Gasteiger partial charge in [0.05, 0.1) is 19.8 Å². The Kier molecular flexibility index (Phi) is 43.3. The molecule has 67 heavy (non-hydrogen) atoms. The van der Waals surface area contributed by atoms with E-state index in [9.17, 15) is 24.3 Å². The molecule has 0 unspecified atom stereocenters. The molecule has 0 aromatic rings. The normalized spacial score (nSPS) is 14.7. The maximum absolute atomic E-state index is 13.8. The van der Waals surface area contributed by atoms with Gasteiger partial charge in [-0.25, -0.2) is 0 Å². The van der Waals surface area contributed by atoms with Crippen LogP contribution in [0.2, 0.25) is 0 Å². The second kappa shape index (κ2) is 46.2. The van der Waals surface area contributed by atoms with Crippen LogP contribution in [0.5, 0.6) is 0 Å². The summed E-state index contributed by atoms with van der Waals surface area (Å²) in [5.74, 6) is -2.21. The number of hydrogen-bond donors (Lipinski definition) is 1. The summed E-state index contributed by atoms with van der Waals surface area (Å²) in [5, 5.41) is 10.9. The van der Waals surface area contributed by atoms with Crippen LogP contribution in [0.15, 0.2) is 0 Å². The monoisotopic (exact) mass is 953 g/mol. The van der Waals surface area contributed by atoms with Crippen LogP contribution in [0.1, 0.15) is 285 Å². The molecule has 0 aliphatic carbocycles. The van der Waals surface area contributed by atoms with Crippen molar-refractivity contribution in [2.24, 2.45) is 0 Å². The molecule has 1 N–H and O–H groups in total. The van der Waals surface area contributed by atoms with Crippen LogP contribution >= 0.6 is 0 Å². The van der Waals surface area contributed by atoms with Gasteiger partial charge < -0.3 is 33.5 Å². The van der Waals surface area contributed by atoms with Gasteiger partial charge in [-0.3, -0.25) is 19.2 Å². The summed E-state index contributed by atoms with van der Waals surface area (Å²) in [5.41, 5.74) is 0. The summed E-state index contributed by atoms with van der Waals surface area (Å²) in [6, 6.07) is 0. The SMILES string of the molecule is CCCCCCCCCCCC(=O)O[C@@H]([C@H](OC(=O)CCCCCCCCCCC)[C@@H](OC(=O)CCCCCCCCCCC)C1OCCO1)[C@@H](CO)OC(=O)CCCCCCCCCCC. The molecule has 1 fully saturated rings. The molecule has 11 heteroatoms. The van der Waals surface area contributed by atoms with E-state index >= 15 is 0 Å². The quantitative estimate of drug-likeness (QED) is 0.0353. The van der Waals surface area contributed by atoms with Crippen molar-refractivity contribution in [1.29, 1.82) is 0 Å². The van der Waals surface area contributed by atoms with Gasteiger partial charge in [0.15, 0.2) is 30.7 Å². The van der Waals surface area contributed by atoms with Crippen molar-refractivity contribution in [3.8, 4) is 0 Å². The van der Waals surface area contributed by atoms with Crippen LogP contribution in [0.4, 0.5) is 0 Å². The van der Waals surface area contributed by atoms with E-state index in [0.717, 1.165) is 77.0 Å². The minimum absolute atomic E-state index is 0.0927. The molecule has 11 nitrogen and oxygen atoms in total. The molecule has 1 aliphatic rings. The standard InChI is InChI=1S/C56H104O11/c1-5-9-13-17-21-25-29-33-37-41-49(58)64-48(47-57)53(65-50(59)42-38-34-30-26-22-18-14-10-6-2)54(66-51(60)43-39-35-31-27-23-19-15-11-7-3)55(56-62-45-46-63-56)67-52(61)44-40-36-32-28-24-20-16-12-8-4/h48,53-57H,5-47H2,1-4H3/t48-,53-,54+,55-/m1/s1. The lowest BCUT2D eigenvalue weighted by molar-refractivity contribution is -0.229. The molecule has 0 radical (unpaired) electrons. The van der Waals surface area contributed by atoms with Gasteiger partial charge >= 0.3 is 23.9 Å². The second-order valence-electron chi connectivity index (χ2n) is 19.5. The summed E-state index contributed by atoms with van der Waals surface area (Å²) in [7, 11) is 0. The molecule has 1 saturated heterocycles. The molecule has 0 aromatic heterocycles. The lowest BCUT2D eigenvalue weighted by atomic mass is 10.0. The zero-order valence-electron chi connectivity index (χ0n) is 43.8. The van der Waals surface area contributed by atoms with Crippen molar-refractivity contribution in [2.45, 2.75) is 315 Å². The highest BCUT2D eigenvalue weighted by Gasteiger charge is 2.49. The third-order valence-corrected chi connectivity index (χ3v) is 13.1. The molecule has 0 amide bonds. The molecule has 0 bridgehead atoms. The highest BCUT2D eigenvalue weighted by atomic mass is 16.7. The fraction of sp³-hybridized carbons (Fsp3) is 0.929. The number of rotatable bonds is 49. The van der Waals surface area contributed by atoms with E-state index < -0.39 is 61.2 Å². The Morgan fingerprint density at radius 3 is 0.925 bits per heavy atom. The van der Waals surface area contributed by atoms with Crippen LogP contribution in [0.3, 0.4) is 0 Å². The summed E-state index contributed by atoms with van der Waals surface area (Å²) in [4.78, 5) is 54.8. The Morgan fingerprint density at radius 1 is 0.373 bits per heavy atom. The van der Waals surface area contributed by atoms with Crippen molar-refractivity contribution >= 4 is 23.9 Å².